The summed E-state index contributed by atoms with van der Waals surface area (Å²) in [5.74, 6) is 1.43. The Bertz CT molecular complexity index is 556. The molecule has 0 amide bonds. The van der Waals surface area contributed by atoms with Crippen molar-refractivity contribution in [2.75, 3.05) is 12.4 Å². The molecule has 0 saturated heterocycles. The molecule has 1 atom stereocenters. The minimum atomic E-state index is -1.15. The van der Waals surface area contributed by atoms with E-state index in [1.54, 1.807) is 18.3 Å². The van der Waals surface area contributed by atoms with Gasteiger partial charge in [-0.25, -0.2) is 4.98 Å². The topological polar surface area (TPSA) is 63.3 Å². The Balaban J connectivity index is 2.13. The van der Waals surface area contributed by atoms with Crippen molar-refractivity contribution in [2.45, 2.75) is 5.75 Å². The van der Waals surface area contributed by atoms with Gasteiger partial charge in [0.05, 0.1) is 12.8 Å². The Morgan fingerprint density at radius 3 is 3.00 bits per heavy atom. The van der Waals surface area contributed by atoms with E-state index in [9.17, 15) is 4.21 Å². The van der Waals surface area contributed by atoms with Crippen molar-refractivity contribution in [3.05, 3.63) is 41.4 Å². The summed E-state index contributed by atoms with van der Waals surface area (Å²) in [6, 6.07) is 7.24. The molecule has 6 heteroatoms. The first-order valence-electron chi connectivity index (χ1n) is 5.35. The van der Waals surface area contributed by atoms with E-state index in [1.807, 2.05) is 12.1 Å². The van der Waals surface area contributed by atoms with Gasteiger partial charge in [-0.2, -0.15) is 0 Å². The first-order chi connectivity index (χ1) is 8.69. The van der Waals surface area contributed by atoms with Crippen molar-refractivity contribution in [1.82, 2.24) is 4.98 Å². The van der Waals surface area contributed by atoms with Crippen molar-refractivity contribution in [2.24, 2.45) is 0 Å². The molecule has 4 nitrogen and oxygen atoms in total. The van der Waals surface area contributed by atoms with E-state index in [-0.39, 0.29) is 18.1 Å². The van der Waals surface area contributed by atoms with Crippen LogP contribution in [-0.2, 0) is 16.6 Å². The zero-order valence-corrected chi connectivity index (χ0v) is 11.1. The van der Waals surface area contributed by atoms with Crippen LogP contribution in [0.1, 0.15) is 5.89 Å². The molecule has 0 radical (unpaired) electrons. The van der Waals surface area contributed by atoms with Crippen molar-refractivity contribution >= 4 is 22.4 Å². The summed E-state index contributed by atoms with van der Waals surface area (Å²) < 4.78 is 16.9. The summed E-state index contributed by atoms with van der Waals surface area (Å²) in [7, 11) is -1.15. The van der Waals surface area contributed by atoms with E-state index in [0.717, 1.165) is 5.56 Å². The monoisotopic (exact) mass is 285 g/mol. The summed E-state index contributed by atoms with van der Waals surface area (Å²) in [4.78, 5) is 4.06. The summed E-state index contributed by atoms with van der Waals surface area (Å²) in [6.07, 6.45) is 1.58. The lowest BCUT2D eigenvalue weighted by Crippen LogP contribution is -2.04. The third kappa shape index (κ3) is 3.41. The molecule has 0 saturated carbocycles. The fraction of sp³-hybridized carbons (Fsp3) is 0.250. The van der Waals surface area contributed by atoms with E-state index in [1.165, 1.54) is 0 Å². The van der Waals surface area contributed by atoms with E-state index in [2.05, 4.69) is 4.98 Å². The molecule has 0 bridgehead atoms. The third-order valence-corrected chi connectivity index (χ3v) is 3.71. The standard InChI is InChI=1S/C12H12ClNO3S/c13-10-3-1-2-9(6-10)11-7-14-12(17-11)8-18(16)5-4-15/h1-3,6-7,15H,4-5,8H2. The molecule has 0 fully saturated rings. The highest BCUT2D eigenvalue weighted by molar-refractivity contribution is 7.84. The molecule has 1 N–H and O–H groups in total. The van der Waals surface area contributed by atoms with Gasteiger partial charge >= 0.3 is 0 Å². The van der Waals surface area contributed by atoms with Gasteiger partial charge in [0.2, 0.25) is 5.89 Å². The van der Waals surface area contributed by atoms with Gasteiger partial charge in [-0.05, 0) is 12.1 Å². The number of benzene rings is 1. The molecule has 1 heterocycles. The van der Waals surface area contributed by atoms with Gasteiger partial charge in [-0.3, -0.25) is 4.21 Å². The predicted octanol–water partition coefficient (Wildman–Crippen LogP) is 2.24. The number of halogens is 1. The molecule has 1 aromatic heterocycles. The van der Waals surface area contributed by atoms with Gasteiger partial charge in [0.1, 0.15) is 5.75 Å². The molecule has 2 rings (SSSR count). The maximum absolute atomic E-state index is 11.4. The molecule has 0 spiro atoms. The van der Waals surface area contributed by atoms with Gasteiger partial charge < -0.3 is 9.52 Å². The van der Waals surface area contributed by atoms with Crippen molar-refractivity contribution in [3.63, 3.8) is 0 Å². The van der Waals surface area contributed by atoms with Crippen LogP contribution in [0, 0.1) is 0 Å². The molecule has 0 aliphatic rings. The molecule has 0 aliphatic heterocycles. The van der Waals surface area contributed by atoms with Crippen LogP contribution in [0.5, 0.6) is 0 Å². The maximum Gasteiger partial charge on any atom is 0.207 e. The summed E-state index contributed by atoms with van der Waals surface area (Å²) in [6.45, 7) is -0.103. The predicted molar refractivity (Wildman–Crippen MR) is 70.7 cm³/mol. The summed E-state index contributed by atoms with van der Waals surface area (Å²) >= 11 is 5.89. The molecule has 1 aromatic carbocycles. The number of aliphatic hydroxyl groups is 1. The maximum atomic E-state index is 11.4. The Morgan fingerprint density at radius 2 is 2.28 bits per heavy atom. The lowest BCUT2D eigenvalue weighted by atomic mass is 10.2. The van der Waals surface area contributed by atoms with E-state index >= 15 is 0 Å². The van der Waals surface area contributed by atoms with Crippen LogP contribution in [0.15, 0.2) is 34.9 Å². The third-order valence-electron chi connectivity index (χ3n) is 2.27. The van der Waals surface area contributed by atoms with Gasteiger partial charge in [-0.15, -0.1) is 0 Å². The second kappa shape index (κ2) is 6.13. The fourth-order valence-corrected chi connectivity index (χ4v) is 2.41. The van der Waals surface area contributed by atoms with Crippen LogP contribution < -0.4 is 0 Å². The van der Waals surface area contributed by atoms with Gasteiger partial charge in [0.15, 0.2) is 5.76 Å². The van der Waals surface area contributed by atoms with Crippen molar-refractivity contribution in [1.29, 1.82) is 0 Å². The number of nitrogens with zero attached hydrogens (tertiary/aromatic N) is 1. The highest BCUT2D eigenvalue weighted by Gasteiger charge is 2.09. The first kappa shape index (κ1) is 13.3. The summed E-state index contributed by atoms with van der Waals surface area (Å²) in [5.41, 5.74) is 0.828. The lowest BCUT2D eigenvalue weighted by Gasteiger charge is -1.97. The van der Waals surface area contributed by atoms with Crippen molar-refractivity contribution in [3.8, 4) is 11.3 Å². The lowest BCUT2D eigenvalue weighted by molar-refractivity contribution is 0.321. The second-order valence-corrected chi connectivity index (χ2v) is 5.65. The first-order valence-corrected chi connectivity index (χ1v) is 7.22. The molecule has 0 aliphatic carbocycles. The minimum Gasteiger partial charge on any atom is -0.440 e. The van der Waals surface area contributed by atoms with Gasteiger partial charge in [0.25, 0.3) is 0 Å². The molecule has 96 valence electrons. The zero-order valence-electron chi connectivity index (χ0n) is 9.51. The van der Waals surface area contributed by atoms with Crippen LogP contribution in [0.4, 0.5) is 0 Å². The molecular weight excluding hydrogens is 274 g/mol. The number of hydrogen-bond acceptors (Lipinski definition) is 4. The molecular formula is C12H12ClNO3S. The molecule has 1 unspecified atom stereocenters. The Morgan fingerprint density at radius 1 is 1.44 bits per heavy atom. The van der Waals surface area contributed by atoms with Crippen LogP contribution in [0.3, 0.4) is 0 Å². The quantitative estimate of drug-likeness (QED) is 0.915. The zero-order chi connectivity index (χ0) is 13.0. The Labute approximate surface area is 112 Å². The van der Waals surface area contributed by atoms with Crippen LogP contribution >= 0.6 is 11.6 Å². The Kier molecular flexibility index (Phi) is 4.52. The highest BCUT2D eigenvalue weighted by Crippen LogP contribution is 2.23. The number of oxazole rings is 1. The fourth-order valence-electron chi connectivity index (χ4n) is 1.46. The van der Waals surface area contributed by atoms with E-state index in [4.69, 9.17) is 21.1 Å². The average molecular weight is 286 g/mol. The average Bonchev–Trinajstić information content (AvgIpc) is 2.78. The molecule has 2 aromatic rings. The van der Waals surface area contributed by atoms with Crippen LogP contribution in [0.25, 0.3) is 11.3 Å². The van der Waals surface area contributed by atoms with E-state index in [0.29, 0.717) is 16.7 Å². The van der Waals surface area contributed by atoms with Crippen molar-refractivity contribution < 1.29 is 13.7 Å². The number of rotatable bonds is 5. The molecule has 18 heavy (non-hydrogen) atoms. The van der Waals surface area contributed by atoms with Crippen LogP contribution in [0.2, 0.25) is 5.02 Å². The summed E-state index contributed by atoms with van der Waals surface area (Å²) in [5, 5.41) is 9.29. The Hall–Kier alpha value is -1.17. The smallest absolute Gasteiger partial charge is 0.207 e. The largest absolute Gasteiger partial charge is 0.440 e. The van der Waals surface area contributed by atoms with Gasteiger partial charge in [0, 0.05) is 27.1 Å². The SMILES string of the molecule is O=S(CCO)Cc1ncc(-c2cccc(Cl)c2)o1. The highest BCUT2D eigenvalue weighted by atomic mass is 35.5. The number of hydrogen-bond donors (Lipinski definition) is 1. The normalized spacial score (nSPS) is 12.6. The second-order valence-electron chi connectivity index (χ2n) is 3.64. The van der Waals surface area contributed by atoms with Gasteiger partial charge in [-0.1, -0.05) is 23.7 Å². The number of aromatic nitrogens is 1. The minimum absolute atomic E-state index is 0.103. The van der Waals surface area contributed by atoms with E-state index < -0.39 is 10.8 Å². The van der Waals surface area contributed by atoms with Crippen LogP contribution in [-0.4, -0.2) is 26.7 Å². The number of aliphatic hydroxyl groups excluding tert-OH is 1.